The number of hydrogen-bond acceptors (Lipinski definition) is 5. The summed E-state index contributed by atoms with van der Waals surface area (Å²) >= 11 is 0. The van der Waals surface area contributed by atoms with Crippen molar-refractivity contribution in [2.24, 2.45) is 0 Å². The summed E-state index contributed by atoms with van der Waals surface area (Å²) in [5.74, 6) is 1.91. The highest BCUT2D eigenvalue weighted by Gasteiger charge is 2.41. The molecule has 0 saturated carbocycles. The highest BCUT2D eigenvalue weighted by atomic mass is 16.9. The molecule has 0 bridgehead atoms. The molecule has 0 aliphatic carbocycles. The molecule has 0 radical (unpaired) electrons. The molecule has 72 valence electrons. The lowest BCUT2D eigenvalue weighted by molar-refractivity contribution is -0.743. The van der Waals surface area contributed by atoms with E-state index in [1.165, 1.54) is 0 Å². The molecule has 0 spiro atoms. The average molecular weight is 187 g/mol. The second-order valence-electron chi connectivity index (χ2n) is 2.53. The van der Waals surface area contributed by atoms with E-state index in [4.69, 9.17) is 16.6 Å². The van der Waals surface area contributed by atoms with Gasteiger partial charge in [-0.25, -0.2) is 0 Å². The number of aliphatic hydroxyl groups excluding tert-OH is 3. The third kappa shape index (κ3) is 1.58. The number of nitrogens with zero attached hydrogens (tertiary/aromatic N) is 1. The summed E-state index contributed by atoms with van der Waals surface area (Å²) in [7, 11) is 0. The minimum absolute atomic E-state index is 0.0319. The van der Waals surface area contributed by atoms with Crippen molar-refractivity contribution in [3.05, 3.63) is 5.21 Å². The van der Waals surface area contributed by atoms with Gasteiger partial charge in [-0.1, -0.05) is 5.92 Å². The first-order chi connectivity index (χ1) is 6.11. The fraction of sp³-hybridized carbons (Fsp3) is 0.571. The van der Waals surface area contributed by atoms with Gasteiger partial charge >= 0.3 is 0 Å². The molecular formula is C7H9NO5. The van der Waals surface area contributed by atoms with E-state index in [1.54, 1.807) is 0 Å². The van der Waals surface area contributed by atoms with Crippen LogP contribution in [0.25, 0.3) is 0 Å². The molecule has 0 amide bonds. The van der Waals surface area contributed by atoms with Crippen molar-refractivity contribution in [3.63, 3.8) is 0 Å². The second kappa shape index (κ2) is 3.62. The summed E-state index contributed by atoms with van der Waals surface area (Å²) in [4.78, 5) is 4.44. The largest absolute Gasteiger partial charge is 0.393 e. The number of hydrogen-bond donors (Lipinski definition) is 3. The summed E-state index contributed by atoms with van der Waals surface area (Å²) in [6.07, 6.45) is 0.913. The highest BCUT2D eigenvalue weighted by molar-refractivity contribution is 5.86. The lowest BCUT2D eigenvalue weighted by Crippen LogP contribution is -2.38. The van der Waals surface area contributed by atoms with Crippen LogP contribution >= 0.6 is 0 Å². The minimum Gasteiger partial charge on any atom is -0.393 e. The van der Waals surface area contributed by atoms with E-state index >= 15 is 0 Å². The van der Waals surface area contributed by atoms with Gasteiger partial charge in [0, 0.05) is 4.90 Å². The molecular weight excluding hydrogens is 178 g/mol. The zero-order valence-corrected chi connectivity index (χ0v) is 6.62. The molecule has 3 atom stereocenters. The Labute approximate surface area is 74.2 Å². The number of terminal acetylenes is 1. The van der Waals surface area contributed by atoms with Crippen molar-refractivity contribution in [3.8, 4) is 12.3 Å². The first kappa shape index (κ1) is 9.80. The Morgan fingerprint density at radius 2 is 2.38 bits per heavy atom. The summed E-state index contributed by atoms with van der Waals surface area (Å²) in [6.45, 7) is -0.640. The maximum Gasteiger partial charge on any atom is 0.276 e. The highest BCUT2D eigenvalue weighted by Crippen LogP contribution is 2.13. The van der Waals surface area contributed by atoms with E-state index in [0.29, 0.717) is 0 Å². The zero-order valence-electron chi connectivity index (χ0n) is 6.62. The molecule has 3 N–H and O–H groups in total. The van der Waals surface area contributed by atoms with E-state index in [-0.39, 0.29) is 10.6 Å². The van der Waals surface area contributed by atoms with Gasteiger partial charge in [-0.15, -0.1) is 6.42 Å². The molecule has 0 fully saturated rings. The first-order valence-electron chi connectivity index (χ1n) is 3.54. The standard InChI is InChI=1S/C7H9NO5/c1-2-5(10)7-6(11)4(3-9)8(12)13-7/h1,5-7,9-11H,3H2/t5-,6-,7-/m1/s1. The second-order valence-corrected chi connectivity index (χ2v) is 2.53. The first-order valence-corrected chi connectivity index (χ1v) is 3.54. The fourth-order valence-electron chi connectivity index (χ4n) is 1.01. The van der Waals surface area contributed by atoms with Crippen LogP contribution in [0.5, 0.6) is 0 Å². The van der Waals surface area contributed by atoms with Crippen molar-refractivity contribution < 1.29 is 25.1 Å². The van der Waals surface area contributed by atoms with Crippen molar-refractivity contribution in [1.82, 2.24) is 0 Å². The van der Waals surface area contributed by atoms with Gasteiger partial charge in [-0.05, 0) is 0 Å². The number of aliphatic hydroxyl groups is 3. The van der Waals surface area contributed by atoms with Gasteiger partial charge in [0.05, 0.1) is 0 Å². The maximum atomic E-state index is 10.8. The Morgan fingerprint density at radius 1 is 1.77 bits per heavy atom. The Balaban J connectivity index is 2.77. The molecule has 1 aliphatic heterocycles. The van der Waals surface area contributed by atoms with E-state index in [9.17, 15) is 10.3 Å². The van der Waals surface area contributed by atoms with Gasteiger partial charge in [-0.3, -0.25) is 5.21 Å². The molecule has 0 aromatic carbocycles. The SMILES string of the molecule is C#C[C@@H](O)[C@H]1O[N+]([O-])=C(CO)[C@H]1O. The van der Waals surface area contributed by atoms with Gasteiger partial charge < -0.3 is 20.2 Å². The van der Waals surface area contributed by atoms with Crippen molar-refractivity contribution in [2.75, 3.05) is 6.61 Å². The third-order valence-electron chi connectivity index (χ3n) is 1.75. The van der Waals surface area contributed by atoms with Crippen molar-refractivity contribution in [1.29, 1.82) is 0 Å². The third-order valence-corrected chi connectivity index (χ3v) is 1.75. The Kier molecular flexibility index (Phi) is 2.72. The molecule has 1 rings (SSSR count). The predicted octanol–water partition coefficient (Wildman–Crippen LogP) is -2.40. The van der Waals surface area contributed by atoms with E-state index in [2.05, 4.69) is 4.84 Å². The van der Waals surface area contributed by atoms with E-state index in [1.807, 2.05) is 5.92 Å². The van der Waals surface area contributed by atoms with Crippen molar-refractivity contribution in [2.45, 2.75) is 18.3 Å². The monoisotopic (exact) mass is 187 g/mol. The number of rotatable bonds is 2. The molecule has 13 heavy (non-hydrogen) atoms. The van der Waals surface area contributed by atoms with E-state index < -0.39 is 24.9 Å². The Hall–Kier alpha value is -1.29. The van der Waals surface area contributed by atoms with Gasteiger partial charge in [0.2, 0.25) is 0 Å². The topological polar surface area (TPSA) is 96.0 Å². The van der Waals surface area contributed by atoms with Gasteiger partial charge in [0.25, 0.3) is 5.71 Å². The van der Waals surface area contributed by atoms with Gasteiger partial charge in [-0.2, -0.15) is 0 Å². The minimum atomic E-state index is -1.38. The Morgan fingerprint density at radius 3 is 2.77 bits per heavy atom. The van der Waals surface area contributed by atoms with Crippen LogP contribution in [0.2, 0.25) is 0 Å². The molecule has 6 heteroatoms. The summed E-state index contributed by atoms with van der Waals surface area (Å²) in [5, 5.41) is 37.8. The molecule has 6 nitrogen and oxygen atoms in total. The average Bonchev–Trinajstić information content (AvgIpc) is 2.40. The van der Waals surface area contributed by atoms with Crippen LogP contribution < -0.4 is 0 Å². The molecule has 0 aromatic rings. The smallest absolute Gasteiger partial charge is 0.276 e. The zero-order chi connectivity index (χ0) is 10.0. The van der Waals surface area contributed by atoms with Crippen LogP contribution in [-0.2, 0) is 4.84 Å². The van der Waals surface area contributed by atoms with Gasteiger partial charge in [0.1, 0.15) is 18.8 Å². The molecule has 0 saturated heterocycles. The molecule has 0 aromatic heterocycles. The van der Waals surface area contributed by atoms with Gasteiger partial charge in [0.15, 0.2) is 6.10 Å². The van der Waals surface area contributed by atoms with Crippen LogP contribution in [-0.4, -0.2) is 50.9 Å². The normalized spacial score (nSPS) is 29.7. The quantitative estimate of drug-likeness (QED) is 0.331. The van der Waals surface area contributed by atoms with E-state index in [0.717, 1.165) is 0 Å². The molecule has 1 aliphatic rings. The summed E-state index contributed by atoms with van der Waals surface area (Å²) in [5.41, 5.74) is -0.265. The fourth-order valence-corrected chi connectivity index (χ4v) is 1.01. The van der Waals surface area contributed by atoms with Crippen LogP contribution in [0.15, 0.2) is 0 Å². The molecule has 1 heterocycles. The van der Waals surface area contributed by atoms with Crippen LogP contribution in [0, 0.1) is 17.6 Å². The lowest BCUT2D eigenvalue weighted by atomic mass is 10.1. The van der Waals surface area contributed by atoms with Crippen LogP contribution in [0.4, 0.5) is 0 Å². The van der Waals surface area contributed by atoms with Crippen molar-refractivity contribution >= 4 is 5.71 Å². The Bertz CT molecular complexity index is 269. The van der Waals surface area contributed by atoms with Crippen LogP contribution in [0.1, 0.15) is 0 Å². The summed E-state index contributed by atoms with van der Waals surface area (Å²) < 4.78 is 0. The lowest BCUT2D eigenvalue weighted by Gasteiger charge is -2.16. The maximum absolute atomic E-state index is 10.8. The van der Waals surface area contributed by atoms with Crippen LogP contribution in [0.3, 0.4) is 0 Å². The molecule has 0 unspecified atom stereocenters. The summed E-state index contributed by atoms with van der Waals surface area (Å²) in [6, 6.07) is 0. The predicted molar refractivity (Wildman–Crippen MR) is 41.4 cm³/mol.